The van der Waals surface area contributed by atoms with E-state index in [4.69, 9.17) is 4.74 Å². The summed E-state index contributed by atoms with van der Waals surface area (Å²) in [5, 5.41) is 3.37. The van der Waals surface area contributed by atoms with E-state index in [2.05, 4.69) is 5.32 Å². The molecule has 3 aromatic rings. The average molecular weight is 390 g/mol. The van der Waals surface area contributed by atoms with Crippen LogP contribution in [0.25, 0.3) is 0 Å². The van der Waals surface area contributed by atoms with Gasteiger partial charge in [-0.05, 0) is 54.4 Å². The maximum atomic E-state index is 13.6. The second-order valence-corrected chi connectivity index (χ2v) is 6.08. The van der Waals surface area contributed by atoms with Crippen molar-refractivity contribution in [3.8, 4) is 5.75 Å². The first-order chi connectivity index (χ1) is 12.7. The van der Waals surface area contributed by atoms with Crippen LogP contribution in [0.3, 0.4) is 0 Å². The molecule has 0 saturated heterocycles. The normalized spacial score (nSPS) is 10.3. The highest BCUT2D eigenvalue weighted by atomic mass is 35.5. The zero-order valence-electron chi connectivity index (χ0n) is 14.8. The van der Waals surface area contributed by atoms with Crippen LogP contribution in [-0.2, 0) is 19.6 Å². The van der Waals surface area contributed by atoms with E-state index in [0.717, 1.165) is 24.1 Å². The van der Waals surface area contributed by atoms with Gasteiger partial charge in [-0.2, -0.15) is 0 Å². The molecule has 0 unspecified atom stereocenters. The van der Waals surface area contributed by atoms with Crippen LogP contribution in [0.15, 0.2) is 72.8 Å². The summed E-state index contributed by atoms with van der Waals surface area (Å²) in [6.07, 6.45) is 0.837. The summed E-state index contributed by atoms with van der Waals surface area (Å²) >= 11 is 0. The second-order valence-electron chi connectivity index (χ2n) is 6.08. The highest BCUT2D eigenvalue weighted by Gasteiger charge is 2.03. The maximum absolute atomic E-state index is 13.6. The molecule has 0 aliphatic heterocycles. The van der Waals surface area contributed by atoms with E-state index in [-0.39, 0.29) is 30.6 Å². The minimum Gasteiger partial charge on any atom is -0.489 e. The van der Waals surface area contributed by atoms with Gasteiger partial charge in [0.15, 0.2) is 0 Å². The average Bonchev–Trinajstić information content (AvgIpc) is 2.66. The van der Waals surface area contributed by atoms with Crippen molar-refractivity contribution in [2.24, 2.45) is 0 Å². The summed E-state index contributed by atoms with van der Waals surface area (Å²) < 4.78 is 32.2. The van der Waals surface area contributed by atoms with Gasteiger partial charge in [-0.3, -0.25) is 0 Å². The van der Waals surface area contributed by atoms with E-state index in [1.54, 1.807) is 30.3 Å². The molecule has 0 amide bonds. The van der Waals surface area contributed by atoms with Crippen LogP contribution in [-0.4, -0.2) is 6.54 Å². The van der Waals surface area contributed by atoms with Crippen molar-refractivity contribution in [1.29, 1.82) is 0 Å². The van der Waals surface area contributed by atoms with Crippen LogP contribution in [0.1, 0.15) is 16.7 Å². The number of benzene rings is 3. The first kappa shape index (κ1) is 20.9. The zero-order chi connectivity index (χ0) is 18.2. The standard InChI is InChI=1S/C22H21F2NO.ClH/c23-20-10-8-17(9-11-20)12-13-25-15-18-4-3-6-21(14-18)26-16-19-5-1-2-7-22(19)24;/h1-11,14,25H,12-13,15-16H2;1H. The van der Waals surface area contributed by atoms with Gasteiger partial charge < -0.3 is 10.1 Å². The predicted octanol–water partition coefficient (Wildman–Crippen LogP) is 5.30. The molecule has 1 N–H and O–H groups in total. The molecule has 0 radical (unpaired) electrons. The molecule has 0 spiro atoms. The molecule has 0 bridgehead atoms. The van der Waals surface area contributed by atoms with E-state index < -0.39 is 0 Å². The van der Waals surface area contributed by atoms with Crippen molar-refractivity contribution in [2.45, 2.75) is 19.6 Å². The molecule has 3 rings (SSSR count). The van der Waals surface area contributed by atoms with Gasteiger partial charge in [0.05, 0.1) is 0 Å². The lowest BCUT2D eigenvalue weighted by molar-refractivity contribution is 0.299. The Morgan fingerprint density at radius 3 is 2.37 bits per heavy atom. The Hall–Kier alpha value is -2.43. The number of rotatable bonds is 8. The molecule has 0 atom stereocenters. The van der Waals surface area contributed by atoms with E-state index in [1.165, 1.54) is 18.2 Å². The number of nitrogens with one attached hydrogen (secondary N) is 1. The quantitative estimate of drug-likeness (QED) is 0.528. The molecule has 5 heteroatoms. The monoisotopic (exact) mass is 389 g/mol. The molecule has 0 heterocycles. The minimum absolute atomic E-state index is 0. The van der Waals surface area contributed by atoms with Crippen molar-refractivity contribution >= 4 is 12.4 Å². The van der Waals surface area contributed by atoms with E-state index in [9.17, 15) is 8.78 Å². The summed E-state index contributed by atoms with van der Waals surface area (Å²) in [6, 6.07) is 20.9. The summed E-state index contributed by atoms with van der Waals surface area (Å²) in [4.78, 5) is 0. The van der Waals surface area contributed by atoms with Gasteiger partial charge in [0.2, 0.25) is 0 Å². The Balaban J connectivity index is 0.00000261. The predicted molar refractivity (Wildman–Crippen MR) is 106 cm³/mol. The van der Waals surface area contributed by atoms with Gasteiger partial charge in [-0.25, -0.2) is 8.78 Å². The number of halogens is 3. The zero-order valence-corrected chi connectivity index (χ0v) is 15.6. The van der Waals surface area contributed by atoms with E-state index in [0.29, 0.717) is 17.9 Å². The van der Waals surface area contributed by atoms with Crippen molar-refractivity contribution < 1.29 is 13.5 Å². The molecular weight excluding hydrogens is 368 g/mol. The molecule has 0 saturated carbocycles. The third-order valence-corrected chi connectivity index (χ3v) is 4.08. The molecule has 0 aliphatic rings. The van der Waals surface area contributed by atoms with Gasteiger partial charge >= 0.3 is 0 Å². The third-order valence-electron chi connectivity index (χ3n) is 4.08. The third kappa shape index (κ3) is 6.66. The maximum Gasteiger partial charge on any atom is 0.129 e. The van der Waals surface area contributed by atoms with Crippen LogP contribution in [0, 0.1) is 11.6 Å². The summed E-state index contributed by atoms with van der Waals surface area (Å²) in [5.41, 5.74) is 2.73. The van der Waals surface area contributed by atoms with Gasteiger partial charge in [-0.1, -0.05) is 42.5 Å². The lowest BCUT2D eigenvalue weighted by Crippen LogP contribution is -2.16. The molecule has 27 heavy (non-hydrogen) atoms. The Labute approximate surface area is 164 Å². The summed E-state index contributed by atoms with van der Waals surface area (Å²) in [6.45, 7) is 1.71. The van der Waals surface area contributed by atoms with Crippen molar-refractivity contribution in [3.05, 3.63) is 101 Å². The lowest BCUT2D eigenvalue weighted by atomic mass is 10.1. The van der Waals surface area contributed by atoms with Gasteiger partial charge in [0.25, 0.3) is 0 Å². The van der Waals surface area contributed by atoms with Crippen LogP contribution in [0.5, 0.6) is 5.75 Å². The van der Waals surface area contributed by atoms with Gasteiger partial charge in [0.1, 0.15) is 24.0 Å². The topological polar surface area (TPSA) is 21.3 Å². The molecule has 0 aliphatic carbocycles. The van der Waals surface area contributed by atoms with Crippen molar-refractivity contribution in [1.82, 2.24) is 5.32 Å². The fourth-order valence-corrected chi connectivity index (χ4v) is 2.64. The van der Waals surface area contributed by atoms with Crippen molar-refractivity contribution in [2.75, 3.05) is 6.54 Å². The fraction of sp³-hybridized carbons (Fsp3) is 0.182. The molecule has 2 nitrogen and oxygen atoms in total. The molecule has 0 aromatic heterocycles. The van der Waals surface area contributed by atoms with Gasteiger partial charge in [-0.15, -0.1) is 12.4 Å². The highest BCUT2D eigenvalue weighted by Crippen LogP contribution is 2.16. The summed E-state index contributed by atoms with van der Waals surface area (Å²) in [5.74, 6) is 0.242. The number of ether oxygens (including phenoxy) is 1. The van der Waals surface area contributed by atoms with E-state index >= 15 is 0 Å². The van der Waals surface area contributed by atoms with Crippen LogP contribution in [0.4, 0.5) is 8.78 Å². The molecule has 142 valence electrons. The molecule has 0 fully saturated rings. The fourth-order valence-electron chi connectivity index (χ4n) is 2.64. The van der Waals surface area contributed by atoms with Crippen LogP contribution >= 0.6 is 12.4 Å². The SMILES string of the molecule is Cl.Fc1ccc(CCNCc2cccc(OCc3ccccc3F)c2)cc1. The second kappa shape index (κ2) is 10.7. The Kier molecular flexibility index (Phi) is 8.24. The minimum atomic E-state index is -0.258. The smallest absolute Gasteiger partial charge is 0.129 e. The Morgan fingerprint density at radius 1 is 0.815 bits per heavy atom. The highest BCUT2D eigenvalue weighted by molar-refractivity contribution is 5.85. The largest absolute Gasteiger partial charge is 0.489 e. The molecular formula is C22H22ClF2NO. The van der Waals surface area contributed by atoms with Crippen LogP contribution in [0.2, 0.25) is 0 Å². The summed E-state index contributed by atoms with van der Waals surface area (Å²) in [7, 11) is 0. The number of hydrogen-bond donors (Lipinski definition) is 1. The first-order valence-electron chi connectivity index (χ1n) is 8.61. The lowest BCUT2D eigenvalue weighted by Gasteiger charge is -2.10. The first-order valence-corrected chi connectivity index (χ1v) is 8.61. The number of hydrogen-bond acceptors (Lipinski definition) is 2. The Morgan fingerprint density at radius 2 is 1.59 bits per heavy atom. The van der Waals surface area contributed by atoms with Crippen LogP contribution < -0.4 is 10.1 Å². The van der Waals surface area contributed by atoms with Crippen molar-refractivity contribution in [3.63, 3.8) is 0 Å². The van der Waals surface area contributed by atoms with E-state index in [1.807, 2.05) is 24.3 Å². The van der Waals surface area contributed by atoms with Gasteiger partial charge in [0, 0.05) is 12.1 Å². The Bertz CT molecular complexity index is 840. The molecule has 3 aromatic carbocycles.